The first-order valence-corrected chi connectivity index (χ1v) is 28.8. The Morgan fingerprint density at radius 1 is 0.308 bits per heavy atom. The minimum Gasteiger partial charge on any atom is -0.744 e. The van der Waals surface area contributed by atoms with E-state index in [1.165, 1.54) is 141 Å². The first-order chi connectivity index (χ1) is 31.0. The molecular formula is C56H86BaO6S2. The van der Waals surface area contributed by atoms with Crippen molar-refractivity contribution in [3.05, 3.63) is 82.9 Å². The molecule has 0 aliphatic heterocycles. The standard InChI is InChI=1S/2C28H44O3S.Ba/c2*1-3-5-7-9-11-13-15-18-24-20-17-21-27-26(24)23-22-25(28(27)32(29,30)31)19-16-14-12-10-8-6-4-2;/h2*17,20-23H,3-16,18-19H2,1-2H3,(H,29,30,31);/q;;+2/p-2. The number of hydrogen-bond acceptors (Lipinski definition) is 6. The minimum atomic E-state index is -4.52. The summed E-state index contributed by atoms with van der Waals surface area (Å²) in [6, 6.07) is 19.4. The van der Waals surface area contributed by atoms with Crippen molar-refractivity contribution in [2.45, 2.75) is 243 Å². The average Bonchev–Trinajstić information content (AvgIpc) is 3.27. The molecule has 0 aliphatic carbocycles. The predicted octanol–water partition coefficient (Wildman–Crippen LogP) is 16.3. The van der Waals surface area contributed by atoms with Gasteiger partial charge in [0, 0.05) is 0 Å². The average molecular weight is 1060 g/mol. The number of rotatable bonds is 34. The van der Waals surface area contributed by atoms with Crippen molar-refractivity contribution >= 4 is 90.7 Å². The number of benzene rings is 4. The molecule has 0 aliphatic rings. The van der Waals surface area contributed by atoms with Crippen molar-refractivity contribution in [3.8, 4) is 0 Å². The number of aryl methyl sites for hydroxylation is 4. The molecule has 0 fully saturated rings. The Bertz CT molecular complexity index is 1960. The summed E-state index contributed by atoms with van der Waals surface area (Å²) in [6.45, 7) is 8.89. The molecule has 4 aromatic rings. The van der Waals surface area contributed by atoms with E-state index in [2.05, 4.69) is 39.8 Å². The van der Waals surface area contributed by atoms with Crippen molar-refractivity contribution in [1.82, 2.24) is 0 Å². The summed E-state index contributed by atoms with van der Waals surface area (Å²) in [4.78, 5) is 0.0322. The first kappa shape index (κ1) is 59.9. The van der Waals surface area contributed by atoms with Crippen LogP contribution in [0, 0.1) is 0 Å². The van der Waals surface area contributed by atoms with E-state index in [0.29, 0.717) is 34.7 Å². The zero-order chi connectivity index (χ0) is 46.5. The van der Waals surface area contributed by atoms with Crippen LogP contribution in [0.2, 0.25) is 0 Å². The molecule has 4 aromatic carbocycles. The van der Waals surface area contributed by atoms with E-state index >= 15 is 0 Å². The second-order valence-electron chi connectivity index (χ2n) is 18.5. The maximum absolute atomic E-state index is 12.2. The molecular weight excluding hydrogens is 970 g/mol. The van der Waals surface area contributed by atoms with Crippen LogP contribution in [0.15, 0.2) is 70.5 Å². The molecule has 0 heterocycles. The van der Waals surface area contributed by atoms with Crippen LogP contribution >= 0.6 is 0 Å². The molecule has 65 heavy (non-hydrogen) atoms. The Morgan fingerprint density at radius 2 is 0.554 bits per heavy atom. The van der Waals surface area contributed by atoms with E-state index < -0.39 is 20.2 Å². The third-order valence-corrected chi connectivity index (χ3v) is 15.0. The fraction of sp³-hybridized carbons (Fsp3) is 0.643. The van der Waals surface area contributed by atoms with Crippen LogP contribution < -0.4 is 0 Å². The van der Waals surface area contributed by atoms with Crippen molar-refractivity contribution in [1.29, 1.82) is 0 Å². The Labute approximate surface area is 438 Å². The first-order valence-electron chi connectivity index (χ1n) is 26.0. The van der Waals surface area contributed by atoms with Gasteiger partial charge in [0.25, 0.3) is 0 Å². The largest absolute Gasteiger partial charge is 2.00 e. The van der Waals surface area contributed by atoms with Crippen LogP contribution in [0.1, 0.15) is 230 Å². The summed E-state index contributed by atoms with van der Waals surface area (Å²) >= 11 is 0. The predicted molar refractivity (Wildman–Crippen MR) is 276 cm³/mol. The Balaban J connectivity index is 0.000000440. The van der Waals surface area contributed by atoms with Crippen molar-refractivity contribution in [2.75, 3.05) is 0 Å². The topological polar surface area (TPSA) is 114 Å². The van der Waals surface area contributed by atoms with E-state index in [0.717, 1.165) is 73.3 Å². The van der Waals surface area contributed by atoms with Crippen LogP contribution in [0.4, 0.5) is 0 Å². The number of unbranched alkanes of at least 4 members (excludes halogenated alkanes) is 24. The molecule has 0 unspecified atom stereocenters. The van der Waals surface area contributed by atoms with Gasteiger partial charge in [-0.15, -0.1) is 0 Å². The Kier molecular flexibility index (Phi) is 32.2. The third-order valence-electron chi connectivity index (χ3n) is 13.1. The number of fused-ring (bicyclic) bond motifs is 2. The van der Waals surface area contributed by atoms with E-state index in [4.69, 9.17) is 0 Å². The maximum Gasteiger partial charge on any atom is 2.00 e. The molecule has 9 heteroatoms. The van der Waals surface area contributed by atoms with Gasteiger partial charge in [0.05, 0.1) is 9.79 Å². The minimum absolute atomic E-state index is 0. The summed E-state index contributed by atoms with van der Waals surface area (Å²) in [6.07, 6.45) is 37.1. The fourth-order valence-electron chi connectivity index (χ4n) is 9.39. The van der Waals surface area contributed by atoms with Crippen LogP contribution in [0.25, 0.3) is 21.5 Å². The van der Waals surface area contributed by atoms with Gasteiger partial charge in [-0.25, -0.2) is 16.8 Å². The van der Waals surface area contributed by atoms with Gasteiger partial charge in [0.15, 0.2) is 0 Å². The van der Waals surface area contributed by atoms with Gasteiger partial charge in [-0.3, -0.25) is 0 Å². The van der Waals surface area contributed by atoms with Crippen LogP contribution in [-0.2, 0) is 45.9 Å². The molecule has 0 aromatic heterocycles. The Morgan fingerprint density at radius 3 is 0.815 bits per heavy atom. The summed E-state index contributed by atoms with van der Waals surface area (Å²) in [7, 11) is -9.04. The molecule has 0 bridgehead atoms. The van der Waals surface area contributed by atoms with Gasteiger partial charge in [-0.1, -0.05) is 242 Å². The smallest absolute Gasteiger partial charge is 0.744 e. The van der Waals surface area contributed by atoms with E-state index in [9.17, 15) is 25.9 Å². The summed E-state index contributed by atoms with van der Waals surface area (Å²) in [5.74, 6) is 0. The molecule has 0 saturated carbocycles. The van der Waals surface area contributed by atoms with Gasteiger partial charge in [-0.05, 0) is 95.2 Å². The molecule has 0 atom stereocenters. The number of hydrogen-bond donors (Lipinski definition) is 0. The molecule has 6 nitrogen and oxygen atoms in total. The molecule has 0 radical (unpaired) electrons. The van der Waals surface area contributed by atoms with Crippen molar-refractivity contribution < 1.29 is 25.9 Å². The van der Waals surface area contributed by atoms with Gasteiger partial charge in [0.1, 0.15) is 20.2 Å². The molecule has 4 rings (SSSR count). The second-order valence-corrected chi connectivity index (χ2v) is 21.2. The second kappa shape index (κ2) is 35.0. The quantitative estimate of drug-likeness (QED) is 0.0261. The van der Waals surface area contributed by atoms with E-state index in [1.807, 2.05) is 48.5 Å². The zero-order valence-corrected chi connectivity index (χ0v) is 47.4. The molecule has 0 amide bonds. The van der Waals surface area contributed by atoms with E-state index in [-0.39, 0.29) is 58.7 Å². The van der Waals surface area contributed by atoms with Crippen molar-refractivity contribution in [3.63, 3.8) is 0 Å². The zero-order valence-electron chi connectivity index (χ0n) is 41.4. The molecule has 360 valence electrons. The van der Waals surface area contributed by atoms with E-state index in [1.54, 1.807) is 0 Å². The van der Waals surface area contributed by atoms with Gasteiger partial charge in [-0.2, -0.15) is 0 Å². The maximum atomic E-state index is 12.2. The fourth-order valence-corrected chi connectivity index (χ4v) is 11.3. The monoisotopic (exact) mass is 1060 g/mol. The van der Waals surface area contributed by atoms with Gasteiger partial charge < -0.3 is 9.11 Å². The third kappa shape index (κ3) is 22.8. The van der Waals surface area contributed by atoms with Crippen LogP contribution in [0.3, 0.4) is 0 Å². The van der Waals surface area contributed by atoms with Crippen molar-refractivity contribution in [2.24, 2.45) is 0 Å². The molecule has 0 spiro atoms. The summed E-state index contributed by atoms with van der Waals surface area (Å²) in [5.41, 5.74) is 3.69. The molecule has 0 N–H and O–H groups in total. The SMILES string of the molecule is CCCCCCCCCc1ccc2c(CCCCCCCCC)cccc2c1S(=O)(=O)[O-].CCCCCCCCCc1ccc2c(CCCCCCCCC)cccc2c1S(=O)(=O)[O-].[Ba+2]. The van der Waals surface area contributed by atoms with Gasteiger partial charge >= 0.3 is 48.9 Å². The summed E-state index contributed by atoms with van der Waals surface area (Å²) < 4.78 is 73.3. The van der Waals surface area contributed by atoms with Crippen LogP contribution in [-0.4, -0.2) is 74.8 Å². The Hall–Kier alpha value is -1.21. The molecule has 0 saturated heterocycles. The summed E-state index contributed by atoms with van der Waals surface area (Å²) in [5, 5.41) is 3.08. The van der Waals surface area contributed by atoms with Gasteiger partial charge in [0.2, 0.25) is 0 Å². The van der Waals surface area contributed by atoms with Crippen LogP contribution in [0.5, 0.6) is 0 Å². The normalized spacial score (nSPS) is 11.8.